The summed E-state index contributed by atoms with van der Waals surface area (Å²) in [5.74, 6) is 0.310. The molecule has 2 fully saturated rings. The van der Waals surface area contributed by atoms with Crippen molar-refractivity contribution in [2.45, 2.75) is 51.5 Å². The molecule has 1 unspecified atom stereocenters. The minimum absolute atomic E-state index is 0.131. The van der Waals surface area contributed by atoms with E-state index in [0.29, 0.717) is 17.7 Å². The average molecular weight is 253 g/mol. The third-order valence-corrected chi connectivity index (χ3v) is 4.49. The Hall–Kier alpha value is -0.610. The van der Waals surface area contributed by atoms with Gasteiger partial charge in [-0.2, -0.15) is 0 Å². The number of carbonyl (C=O) groups excluding carboxylic acids is 1. The third-order valence-electron chi connectivity index (χ3n) is 4.49. The van der Waals surface area contributed by atoms with Crippen LogP contribution in [0.1, 0.15) is 45.4 Å². The van der Waals surface area contributed by atoms with Crippen LogP contribution in [-0.2, 0) is 4.79 Å². The van der Waals surface area contributed by atoms with Gasteiger partial charge < -0.3 is 16.0 Å². The van der Waals surface area contributed by atoms with E-state index in [1.807, 2.05) is 6.92 Å². The molecule has 0 radical (unpaired) electrons. The van der Waals surface area contributed by atoms with Crippen molar-refractivity contribution in [1.82, 2.24) is 10.2 Å². The Balaban J connectivity index is 1.87. The van der Waals surface area contributed by atoms with E-state index in [0.717, 1.165) is 32.6 Å². The van der Waals surface area contributed by atoms with Gasteiger partial charge in [-0.25, -0.2) is 0 Å². The van der Waals surface area contributed by atoms with Crippen LogP contribution in [0.3, 0.4) is 0 Å². The maximum Gasteiger partial charge on any atom is 0.222 e. The van der Waals surface area contributed by atoms with Crippen LogP contribution in [0.2, 0.25) is 0 Å². The molecule has 0 aromatic rings. The van der Waals surface area contributed by atoms with E-state index < -0.39 is 0 Å². The lowest BCUT2D eigenvalue weighted by Gasteiger charge is -2.45. The molecular formula is C14H27N3O. The zero-order valence-corrected chi connectivity index (χ0v) is 11.6. The van der Waals surface area contributed by atoms with Crippen LogP contribution in [0.25, 0.3) is 0 Å². The summed E-state index contributed by atoms with van der Waals surface area (Å²) in [6.07, 6.45) is 6.35. The lowest BCUT2D eigenvalue weighted by Crippen LogP contribution is -2.50. The van der Waals surface area contributed by atoms with E-state index in [1.54, 1.807) is 0 Å². The maximum atomic E-state index is 12.2. The molecule has 0 aliphatic carbocycles. The zero-order chi connectivity index (χ0) is 13.0. The smallest absolute Gasteiger partial charge is 0.222 e. The molecular weight excluding hydrogens is 226 g/mol. The fourth-order valence-electron chi connectivity index (χ4n) is 3.30. The maximum absolute atomic E-state index is 12.2. The molecule has 1 amide bonds. The van der Waals surface area contributed by atoms with E-state index >= 15 is 0 Å². The summed E-state index contributed by atoms with van der Waals surface area (Å²) < 4.78 is 0. The lowest BCUT2D eigenvalue weighted by atomic mass is 9.73. The number of nitrogens with zero attached hydrogens (tertiary/aromatic N) is 1. The second-order valence-corrected chi connectivity index (χ2v) is 6.18. The van der Waals surface area contributed by atoms with Crippen molar-refractivity contribution < 1.29 is 4.79 Å². The molecule has 4 nitrogen and oxygen atoms in total. The van der Waals surface area contributed by atoms with E-state index in [4.69, 9.17) is 5.73 Å². The molecule has 2 aliphatic heterocycles. The molecule has 0 aromatic heterocycles. The van der Waals surface area contributed by atoms with Gasteiger partial charge in [0, 0.05) is 25.6 Å². The summed E-state index contributed by atoms with van der Waals surface area (Å²) in [7, 11) is 0. The van der Waals surface area contributed by atoms with Crippen LogP contribution in [0.5, 0.6) is 0 Å². The Bertz CT molecular complexity index is 279. The highest BCUT2D eigenvalue weighted by molar-refractivity contribution is 5.76. The fraction of sp³-hybridized carbons (Fsp3) is 0.929. The predicted octanol–water partition coefficient (Wildman–Crippen LogP) is 1.11. The molecule has 4 heteroatoms. The number of nitrogens with one attached hydrogen (secondary N) is 1. The van der Waals surface area contributed by atoms with Crippen LogP contribution >= 0.6 is 0 Å². The monoisotopic (exact) mass is 253 g/mol. The molecule has 2 heterocycles. The highest BCUT2D eigenvalue weighted by Gasteiger charge is 2.37. The number of hydrogen-bond donors (Lipinski definition) is 2. The Kier molecular flexibility index (Phi) is 4.62. The molecule has 0 saturated carbocycles. The normalized spacial score (nSPS) is 25.1. The number of hydrogen-bond acceptors (Lipinski definition) is 3. The highest BCUT2D eigenvalue weighted by atomic mass is 16.2. The van der Waals surface area contributed by atoms with Gasteiger partial charge in [-0.3, -0.25) is 4.79 Å². The first-order chi connectivity index (χ1) is 8.61. The topological polar surface area (TPSA) is 58.4 Å². The first-order valence-corrected chi connectivity index (χ1v) is 7.35. The van der Waals surface area contributed by atoms with E-state index in [1.165, 1.54) is 25.7 Å². The Morgan fingerprint density at radius 2 is 2.11 bits per heavy atom. The van der Waals surface area contributed by atoms with Gasteiger partial charge in [-0.05, 0) is 57.5 Å². The largest absolute Gasteiger partial charge is 0.342 e. The van der Waals surface area contributed by atoms with Crippen molar-refractivity contribution in [3.05, 3.63) is 0 Å². The predicted molar refractivity (Wildman–Crippen MR) is 73.2 cm³/mol. The summed E-state index contributed by atoms with van der Waals surface area (Å²) in [6, 6.07) is 0.131. The van der Waals surface area contributed by atoms with Gasteiger partial charge >= 0.3 is 0 Å². The fourth-order valence-corrected chi connectivity index (χ4v) is 3.30. The van der Waals surface area contributed by atoms with Gasteiger partial charge in [0.05, 0.1) is 0 Å². The molecule has 0 aromatic carbocycles. The van der Waals surface area contributed by atoms with E-state index in [-0.39, 0.29) is 6.04 Å². The SMILES string of the molecule is CC(N)CCC(=O)N1CCCC2(CCNCC2)C1. The minimum Gasteiger partial charge on any atom is -0.342 e. The second-order valence-electron chi connectivity index (χ2n) is 6.18. The van der Waals surface area contributed by atoms with Crippen molar-refractivity contribution in [3.63, 3.8) is 0 Å². The summed E-state index contributed by atoms with van der Waals surface area (Å²) >= 11 is 0. The van der Waals surface area contributed by atoms with Gasteiger partial charge in [0.2, 0.25) is 5.91 Å². The molecule has 3 N–H and O–H groups in total. The third kappa shape index (κ3) is 3.45. The molecule has 1 spiro atoms. The molecule has 1 atom stereocenters. The number of piperidine rings is 2. The van der Waals surface area contributed by atoms with Crippen LogP contribution < -0.4 is 11.1 Å². The molecule has 18 heavy (non-hydrogen) atoms. The van der Waals surface area contributed by atoms with Crippen LogP contribution in [0.4, 0.5) is 0 Å². The van der Waals surface area contributed by atoms with Crippen LogP contribution in [0.15, 0.2) is 0 Å². The standard InChI is InChI=1S/C14H27N3O/c1-12(15)3-4-13(18)17-10-2-5-14(11-17)6-8-16-9-7-14/h12,16H,2-11,15H2,1H3. The van der Waals surface area contributed by atoms with Crippen molar-refractivity contribution >= 4 is 5.91 Å². The molecule has 2 rings (SSSR count). The number of nitrogens with two attached hydrogens (primary N) is 1. The first kappa shape index (κ1) is 13.8. The van der Waals surface area contributed by atoms with Crippen molar-refractivity contribution in [2.24, 2.45) is 11.1 Å². The van der Waals surface area contributed by atoms with Crippen molar-refractivity contribution in [2.75, 3.05) is 26.2 Å². The Morgan fingerprint density at radius 1 is 1.39 bits per heavy atom. The van der Waals surface area contributed by atoms with Gasteiger partial charge in [0.1, 0.15) is 0 Å². The lowest BCUT2D eigenvalue weighted by molar-refractivity contribution is -0.135. The van der Waals surface area contributed by atoms with Gasteiger partial charge in [-0.1, -0.05) is 0 Å². The minimum atomic E-state index is 0.131. The van der Waals surface area contributed by atoms with Crippen molar-refractivity contribution in [3.8, 4) is 0 Å². The highest BCUT2D eigenvalue weighted by Crippen LogP contribution is 2.38. The van der Waals surface area contributed by atoms with Gasteiger partial charge in [-0.15, -0.1) is 0 Å². The molecule has 2 saturated heterocycles. The zero-order valence-electron chi connectivity index (χ0n) is 11.6. The Morgan fingerprint density at radius 3 is 2.78 bits per heavy atom. The number of amides is 1. The number of carbonyl (C=O) groups is 1. The summed E-state index contributed by atoms with van der Waals surface area (Å²) in [6.45, 7) is 6.13. The second kappa shape index (κ2) is 6.02. The first-order valence-electron chi connectivity index (χ1n) is 7.35. The summed E-state index contributed by atoms with van der Waals surface area (Å²) in [5, 5.41) is 3.42. The summed E-state index contributed by atoms with van der Waals surface area (Å²) in [5.41, 5.74) is 6.14. The van der Waals surface area contributed by atoms with Crippen LogP contribution in [0, 0.1) is 5.41 Å². The summed E-state index contributed by atoms with van der Waals surface area (Å²) in [4.78, 5) is 14.3. The van der Waals surface area contributed by atoms with Crippen molar-refractivity contribution in [1.29, 1.82) is 0 Å². The average Bonchev–Trinajstić information content (AvgIpc) is 2.37. The molecule has 104 valence electrons. The quantitative estimate of drug-likeness (QED) is 0.792. The van der Waals surface area contributed by atoms with Crippen LogP contribution in [-0.4, -0.2) is 43.0 Å². The molecule has 2 aliphatic rings. The van der Waals surface area contributed by atoms with E-state index in [9.17, 15) is 4.79 Å². The van der Waals surface area contributed by atoms with Gasteiger partial charge in [0.15, 0.2) is 0 Å². The number of rotatable bonds is 3. The Labute approximate surface area is 110 Å². The molecule has 0 bridgehead atoms. The number of likely N-dealkylation sites (tertiary alicyclic amines) is 1. The van der Waals surface area contributed by atoms with E-state index in [2.05, 4.69) is 10.2 Å². The van der Waals surface area contributed by atoms with Gasteiger partial charge in [0.25, 0.3) is 0 Å².